The third kappa shape index (κ3) is 10.0. The summed E-state index contributed by atoms with van der Waals surface area (Å²) < 4.78 is 69.0. The van der Waals surface area contributed by atoms with Crippen LogP contribution in [0, 0.1) is 50.3 Å². The Labute approximate surface area is 262 Å². The van der Waals surface area contributed by atoms with Gasteiger partial charge in [0.15, 0.2) is 30.4 Å². The maximum absolute atomic E-state index is 13.6. The minimum Gasteiger partial charge on any atom is -0.207 e. The molecule has 0 atom stereocenters. The molecule has 0 saturated heterocycles. The molecular formula is C34H37F5I2+2. The van der Waals surface area contributed by atoms with Crippen LogP contribution < -0.4 is 42.4 Å². The van der Waals surface area contributed by atoms with Crippen LogP contribution in [0.3, 0.4) is 0 Å². The fourth-order valence-corrected chi connectivity index (χ4v) is 7.98. The van der Waals surface area contributed by atoms with Crippen LogP contribution in [-0.4, -0.2) is 0 Å². The van der Waals surface area contributed by atoms with E-state index in [1.165, 1.54) is 25.2 Å². The highest BCUT2D eigenvalue weighted by Crippen LogP contribution is 2.22. The molecule has 0 aliphatic rings. The second kappa shape index (κ2) is 14.4. The number of halogens is 7. The van der Waals surface area contributed by atoms with Crippen molar-refractivity contribution >= 4 is 0 Å². The van der Waals surface area contributed by atoms with Crippen molar-refractivity contribution in [2.24, 2.45) is 0 Å². The van der Waals surface area contributed by atoms with E-state index in [1.54, 1.807) is 0 Å². The molecular weight excluding hydrogens is 757 g/mol. The predicted molar refractivity (Wildman–Crippen MR) is 149 cm³/mol. The molecule has 41 heavy (non-hydrogen) atoms. The van der Waals surface area contributed by atoms with Gasteiger partial charge < -0.3 is 0 Å². The highest BCUT2D eigenvalue weighted by Gasteiger charge is 2.32. The molecule has 0 unspecified atom stereocenters. The Bertz CT molecular complexity index is 1290. The van der Waals surface area contributed by atoms with Gasteiger partial charge in [-0.25, -0.2) is 22.0 Å². The van der Waals surface area contributed by atoms with E-state index in [2.05, 4.69) is 90.1 Å². The number of aryl methyl sites for hydroxylation is 1. The molecule has 4 aromatic carbocycles. The predicted octanol–water partition coefficient (Wildman–Crippen LogP) is 3.87. The maximum Gasteiger partial charge on any atom is 0.370 e. The van der Waals surface area contributed by atoms with E-state index in [-0.39, 0.29) is 43.0 Å². The standard InChI is InChI=1S/C20H26I.C13H7F5I.CH4/c1-19(2,3)15-7-11-17(12-8-15)21-18-13-9-16(10-14-18)20(4,5)6;1-6-2-8(15)12(9(16)3-6)19-13-10(17)4-7(14)5-11(13)18;/h7-14H,1-6H3;2-5H,1H3;1H4/q2*+1;. The molecule has 0 fully saturated rings. The maximum atomic E-state index is 13.6. The van der Waals surface area contributed by atoms with Crippen molar-refractivity contribution in [1.29, 1.82) is 0 Å². The first-order valence-corrected chi connectivity index (χ1v) is 17.0. The molecule has 0 N–H and O–H groups in total. The molecule has 0 heterocycles. The third-order valence-corrected chi connectivity index (χ3v) is 11.7. The molecule has 0 radical (unpaired) electrons. The molecule has 0 spiro atoms. The van der Waals surface area contributed by atoms with Gasteiger partial charge in [-0.05, 0) is 70.8 Å². The van der Waals surface area contributed by atoms with Crippen LogP contribution in [0.15, 0.2) is 72.8 Å². The van der Waals surface area contributed by atoms with Crippen LogP contribution in [0.2, 0.25) is 0 Å². The Morgan fingerprint density at radius 3 is 1.12 bits per heavy atom. The lowest BCUT2D eigenvalue weighted by Crippen LogP contribution is -3.62. The van der Waals surface area contributed by atoms with Crippen LogP contribution in [0.4, 0.5) is 22.0 Å². The largest absolute Gasteiger partial charge is 0.370 e. The first-order valence-electron chi connectivity index (χ1n) is 12.7. The normalized spacial score (nSPS) is 11.4. The fraction of sp³-hybridized carbons (Fsp3) is 0.294. The molecule has 4 aromatic rings. The van der Waals surface area contributed by atoms with Crippen molar-refractivity contribution in [3.8, 4) is 0 Å². The molecule has 4 rings (SSSR count). The van der Waals surface area contributed by atoms with Gasteiger partial charge in [0.1, 0.15) is 5.82 Å². The van der Waals surface area contributed by atoms with Gasteiger partial charge in [0, 0.05) is 12.1 Å². The summed E-state index contributed by atoms with van der Waals surface area (Å²) in [6.45, 7) is 15.1. The van der Waals surface area contributed by atoms with Crippen molar-refractivity contribution in [2.45, 2.75) is 66.7 Å². The van der Waals surface area contributed by atoms with E-state index in [0.29, 0.717) is 17.7 Å². The summed E-state index contributed by atoms with van der Waals surface area (Å²) in [5.74, 6) is -4.98. The topological polar surface area (TPSA) is 0 Å². The average molecular weight is 794 g/mol. The molecule has 0 nitrogen and oxygen atoms in total. The van der Waals surface area contributed by atoms with Gasteiger partial charge in [-0.2, -0.15) is 0 Å². The summed E-state index contributed by atoms with van der Waals surface area (Å²) >= 11 is -1.82. The summed E-state index contributed by atoms with van der Waals surface area (Å²) in [4.78, 5) is 0. The van der Waals surface area contributed by atoms with E-state index in [4.69, 9.17) is 0 Å². The molecule has 0 aliphatic heterocycles. The monoisotopic (exact) mass is 794 g/mol. The van der Waals surface area contributed by atoms with Gasteiger partial charge in [-0.3, -0.25) is 0 Å². The zero-order valence-corrected chi connectivity index (χ0v) is 27.9. The first-order chi connectivity index (χ1) is 18.5. The highest BCUT2D eigenvalue weighted by atomic mass is 127. The molecule has 220 valence electrons. The van der Waals surface area contributed by atoms with Crippen LogP contribution in [0.5, 0.6) is 0 Å². The SMILES string of the molecule is C.CC(C)(C)c1ccc([I+]c2ccc(C(C)(C)C)cc2)cc1.Cc1cc(F)c([I+]c2c(F)cc(F)cc2F)c(F)c1. The van der Waals surface area contributed by atoms with Gasteiger partial charge in [-0.15, -0.1) is 0 Å². The van der Waals surface area contributed by atoms with E-state index < -0.39 is 53.9 Å². The number of hydrogen-bond acceptors (Lipinski definition) is 0. The molecule has 7 heteroatoms. The summed E-state index contributed by atoms with van der Waals surface area (Å²) in [5.41, 5.74) is 3.69. The van der Waals surface area contributed by atoms with Crippen molar-refractivity contribution in [1.82, 2.24) is 0 Å². The van der Waals surface area contributed by atoms with Gasteiger partial charge in [0.05, 0.1) is 0 Å². The lowest BCUT2D eigenvalue weighted by atomic mass is 9.87. The van der Waals surface area contributed by atoms with Crippen LogP contribution in [-0.2, 0) is 10.8 Å². The van der Waals surface area contributed by atoms with E-state index >= 15 is 0 Å². The Kier molecular flexibility index (Phi) is 12.4. The lowest BCUT2D eigenvalue weighted by molar-refractivity contribution is -0.609. The summed E-state index contributed by atoms with van der Waals surface area (Å²) in [6.07, 6.45) is 0. The fourth-order valence-electron chi connectivity index (χ4n) is 3.63. The molecule has 0 bridgehead atoms. The van der Waals surface area contributed by atoms with E-state index in [1.807, 2.05) is 0 Å². The molecule has 0 aliphatic carbocycles. The molecule has 0 amide bonds. The van der Waals surface area contributed by atoms with E-state index in [9.17, 15) is 22.0 Å². The average Bonchev–Trinajstić information content (AvgIpc) is 2.82. The first kappa shape index (κ1) is 35.2. The second-order valence-corrected chi connectivity index (χ2v) is 17.2. The van der Waals surface area contributed by atoms with Crippen LogP contribution in [0.25, 0.3) is 0 Å². The number of rotatable bonds is 4. The minimum absolute atomic E-state index is 0. The summed E-state index contributed by atoms with van der Waals surface area (Å²) in [6, 6.07) is 21.6. The van der Waals surface area contributed by atoms with E-state index in [0.717, 1.165) is 12.1 Å². The van der Waals surface area contributed by atoms with Crippen molar-refractivity contribution < 1.29 is 64.4 Å². The van der Waals surface area contributed by atoms with Crippen LogP contribution in [0.1, 0.15) is 65.7 Å². The van der Waals surface area contributed by atoms with Crippen molar-refractivity contribution in [3.63, 3.8) is 0 Å². The minimum atomic E-state index is -1.75. The van der Waals surface area contributed by atoms with Gasteiger partial charge in [0.25, 0.3) is 7.14 Å². The number of hydrogen-bond donors (Lipinski definition) is 0. The van der Waals surface area contributed by atoms with Crippen molar-refractivity contribution in [2.75, 3.05) is 0 Å². The smallest absolute Gasteiger partial charge is 0.207 e. The summed E-state index contributed by atoms with van der Waals surface area (Å²) in [5, 5.41) is 0. The zero-order chi connectivity index (χ0) is 29.8. The number of benzene rings is 4. The Morgan fingerprint density at radius 2 is 0.805 bits per heavy atom. The second-order valence-electron chi connectivity index (χ2n) is 11.4. The van der Waals surface area contributed by atoms with Crippen molar-refractivity contribution in [3.05, 3.63) is 133 Å². The Hall–Kier alpha value is -2.01. The van der Waals surface area contributed by atoms with Crippen LogP contribution >= 0.6 is 0 Å². The zero-order valence-electron chi connectivity index (χ0n) is 23.6. The molecule has 0 saturated carbocycles. The lowest BCUT2D eigenvalue weighted by Gasteiger charge is -2.18. The van der Waals surface area contributed by atoms with Gasteiger partial charge in [0.2, 0.25) is 0 Å². The van der Waals surface area contributed by atoms with Gasteiger partial charge >= 0.3 is 42.4 Å². The summed E-state index contributed by atoms with van der Waals surface area (Å²) in [7, 11) is 0. The Morgan fingerprint density at radius 1 is 0.488 bits per heavy atom. The molecule has 0 aromatic heterocycles. The highest BCUT2D eigenvalue weighted by molar-refractivity contribution is 5.23. The quantitative estimate of drug-likeness (QED) is 0.128. The Balaban J connectivity index is 0.000000281. The van der Waals surface area contributed by atoms with Gasteiger partial charge in [-0.1, -0.05) is 73.2 Å². The third-order valence-electron chi connectivity index (χ3n) is 5.90.